The molecule has 5 rings (SSSR count). The topological polar surface area (TPSA) is 62.5 Å². The first kappa shape index (κ1) is 16.3. The minimum atomic E-state index is -0.240. The number of hydrogen-bond acceptors (Lipinski definition) is 3. The number of aliphatic hydroxyl groups excluding tert-OH is 1. The van der Waals surface area contributed by atoms with Gasteiger partial charge in [-0.1, -0.05) is 6.42 Å². The molecule has 5 heteroatoms. The molecule has 5 nitrogen and oxygen atoms in total. The fourth-order valence-corrected chi connectivity index (χ4v) is 5.12. The SMILES string of the molecule is COc1ccc2c3c([nH]c2c1)C=[NH+]CC31CCN(C(O)C2CCC2)CC1. The van der Waals surface area contributed by atoms with Gasteiger partial charge in [0.2, 0.25) is 0 Å². The third-order valence-corrected chi connectivity index (χ3v) is 6.95. The van der Waals surface area contributed by atoms with Crippen LogP contribution in [0.25, 0.3) is 10.9 Å². The molecule has 1 aromatic heterocycles. The van der Waals surface area contributed by atoms with E-state index in [1.807, 2.05) is 0 Å². The molecule has 2 aromatic rings. The Morgan fingerprint density at radius 3 is 2.81 bits per heavy atom. The minimum Gasteiger partial charge on any atom is -0.497 e. The number of nitrogens with zero attached hydrogens (tertiary/aromatic N) is 1. The predicted octanol–water partition coefficient (Wildman–Crippen LogP) is 1.14. The van der Waals surface area contributed by atoms with E-state index in [4.69, 9.17) is 4.74 Å². The number of aromatic amines is 1. The molecule has 1 saturated carbocycles. The van der Waals surface area contributed by atoms with Crippen molar-refractivity contribution in [1.29, 1.82) is 0 Å². The molecule has 0 amide bonds. The third kappa shape index (κ3) is 2.41. The average molecular weight is 354 g/mol. The van der Waals surface area contributed by atoms with Crippen molar-refractivity contribution in [2.45, 2.75) is 43.7 Å². The molecule has 26 heavy (non-hydrogen) atoms. The van der Waals surface area contributed by atoms with Gasteiger partial charge in [-0.15, -0.1) is 0 Å². The van der Waals surface area contributed by atoms with Crippen LogP contribution in [0.1, 0.15) is 43.4 Å². The van der Waals surface area contributed by atoms with E-state index < -0.39 is 0 Å². The van der Waals surface area contributed by atoms with E-state index in [-0.39, 0.29) is 11.6 Å². The quantitative estimate of drug-likeness (QED) is 0.775. The van der Waals surface area contributed by atoms with Crippen LogP contribution in [0.2, 0.25) is 0 Å². The van der Waals surface area contributed by atoms with Crippen molar-refractivity contribution in [1.82, 2.24) is 9.88 Å². The van der Waals surface area contributed by atoms with Gasteiger partial charge >= 0.3 is 0 Å². The molecule has 3 heterocycles. The van der Waals surface area contributed by atoms with E-state index >= 15 is 0 Å². The number of benzene rings is 1. The van der Waals surface area contributed by atoms with Crippen molar-refractivity contribution >= 4 is 17.1 Å². The number of methoxy groups -OCH3 is 1. The molecular weight excluding hydrogens is 326 g/mol. The fourth-order valence-electron chi connectivity index (χ4n) is 5.12. The monoisotopic (exact) mass is 354 g/mol. The Kier molecular flexibility index (Phi) is 3.83. The zero-order valence-electron chi connectivity index (χ0n) is 15.4. The van der Waals surface area contributed by atoms with Gasteiger partial charge < -0.3 is 14.8 Å². The van der Waals surface area contributed by atoms with Gasteiger partial charge in [-0.25, -0.2) is 4.99 Å². The van der Waals surface area contributed by atoms with E-state index in [1.54, 1.807) is 7.11 Å². The smallest absolute Gasteiger partial charge is 0.185 e. The molecule has 2 aliphatic heterocycles. The maximum atomic E-state index is 10.6. The van der Waals surface area contributed by atoms with Crippen molar-refractivity contribution in [3.05, 3.63) is 29.5 Å². The molecular formula is C21H28N3O2+. The standard InChI is InChI=1S/C21H27N3O2/c1-26-15-5-6-16-17(11-15)23-18-12-22-13-21(19(16)18)7-9-24(10-8-21)20(25)14-3-2-4-14/h5-6,11-12,14,20,23,25H,2-4,7-10,13H2,1H3/p+1. The van der Waals surface area contributed by atoms with Crippen LogP contribution in [-0.2, 0) is 5.41 Å². The summed E-state index contributed by atoms with van der Waals surface area (Å²) in [5, 5.41) is 12.0. The lowest BCUT2D eigenvalue weighted by Crippen LogP contribution is -2.77. The van der Waals surface area contributed by atoms with Gasteiger partial charge in [0.25, 0.3) is 0 Å². The minimum absolute atomic E-state index is 0.146. The Morgan fingerprint density at radius 1 is 1.31 bits per heavy atom. The lowest BCUT2D eigenvalue weighted by atomic mass is 9.70. The van der Waals surface area contributed by atoms with Crippen molar-refractivity contribution in [3.63, 3.8) is 0 Å². The number of H-pyrrole nitrogens is 1. The number of hydrogen-bond donors (Lipinski definition) is 3. The molecule has 0 bridgehead atoms. The van der Waals surface area contributed by atoms with Crippen LogP contribution in [0.5, 0.6) is 5.75 Å². The number of rotatable bonds is 3. The zero-order valence-corrected chi connectivity index (χ0v) is 15.4. The molecule has 1 saturated heterocycles. The molecule has 1 atom stereocenters. The highest BCUT2D eigenvalue weighted by molar-refractivity contribution is 5.94. The van der Waals surface area contributed by atoms with Crippen molar-refractivity contribution in [2.24, 2.45) is 5.92 Å². The van der Waals surface area contributed by atoms with Crippen LogP contribution >= 0.6 is 0 Å². The number of likely N-dealkylation sites (tertiary alicyclic amines) is 1. The molecule has 1 aliphatic carbocycles. The summed E-state index contributed by atoms with van der Waals surface area (Å²) < 4.78 is 5.39. The lowest BCUT2D eigenvalue weighted by molar-refractivity contribution is -0.468. The van der Waals surface area contributed by atoms with Crippen LogP contribution in [0.15, 0.2) is 18.2 Å². The summed E-state index contributed by atoms with van der Waals surface area (Å²) in [5.41, 5.74) is 3.94. The molecule has 1 aromatic carbocycles. The lowest BCUT2D eigenvalue weighted by Gasteiger charge is -2.45. The summed E-state index contributed by atoms with van der Waals surface area (Å²) >= 11 is 0. The molecule has 3 aliphatic rings. The largest absolute Gasteiger partial charge is 0.497 e. The van der Waals surface area contributed by atoms with Gasteiger partial charge in [0.05, 0.1) is 18.0 Å². The zero-order chi connectivity index (χ0) is 17.7. The first-order valence-electron chi connectivity index (χ1n) is 9.89. The van der Waals surface area contributed by atoms with Crippen molar-refractivity contribution in [3.8, 4) is 5.75 Å². The van der Waals surface area contributed by atoms with Gasteiger partial charge in [0.15, 0.2) is 12.8 Å². The number of aromatic nitrogens is 1. The molecule has 3 N–H and O–H groups in total. The van der Waals surface area contributed by atoms with Gasteiger partial charge in [-0.3, -0.25) is 4.90 Å². The molecule has 1 unspecified atom stereocenters. The van der Waals surface area contributed by atoms with Gasteiger partial charge in [0.1, 0.15) is 17.7 Å². The molecule has 2 fully saturated rings. The normalized spacial score (nSPS) is 23.8. The van der Waals surface area contributed by atoms with Gasteiger partial charge in [-0.2, -0.15) is 0 Å². The Balaban J connectivity index is 1.45. The third-order valence-electron chi connectivity index (χ3n) is 6.95. The Hall–Kier alpha value is -1.85. The fraction of sp³-hybridized carbons (Fsp3) is 0.571. The van der Waals surface area contributed by atoms with E-state index in [2.05, 4.69) is 39.3 Å². The Morgan fingerprint density at radius 2 is 2.12 bits per heavy atom. The van der Waals surface area contributed by atoms with Gasteiger partial charge in [-0.05, 0) is 43.7 Å². The predicted molar refractivity (Wildman–Crippen MR) is 102 cm³/mol. The second kappa shape index (κ2) is 6.10. The van der Waals surface area contributed by atoms with Crippen LogP contribution < -0.4 is 9.73 Å². The van der Waals surface area contributed by atoms with E-state index in [0.717, 1.165) is 43.7 Å². The van der Waals surface area contributed by atoms with Crippen LogP contribution in [-0.4, -0.2) is 54.2 Å². The summed E-state index contributed by atoms with van der Waals surface area (Å²) in [6.07, 6.45) is 7.70. The maximum Gasteiger partial charge on any atom is 0.185 e. The first-order valence-corrected chi connectivity index (χ1v) is 9.89. The Labute approximate surface area is 154 Å². The van der Waals surface area contributed by atoms with Crippen molar-refractivity contribution in [2.75, 3.05) is 26.7 Å². The maximum absolute atomic E-state index is 10.6. The summed E-state index contributed by atoms with van der Waals surface area (Å²) in [6.45, 7) is 2.93. The van der Waals surface area contributed by atoms with Crippen LogP contribution in [0.3, 0.4) is 0 Å². The summed E-state index contributed by atoms with van der Waals surface area (Å²) in [4.78, 5) is 9.39. The van der Waals surface area contributed by atoms with Gasteiger partial charge in [0, 0.05) is 30.1 Å². The van der Waals surface area contributed by atoms with E-state index in [9.17, 15) is 5.11 Å². The van der Waals surface area contributed by atoms with Crippen LogP contribution in [0.4, 0.5) is 0 Å². The number of fused-ring (bicyclic) bond motifs is 4. The number of nitrogens with one attached hydrogen (secondary N) is 2. The Bertz CT molecular complexity index is 844. The second-order valence-electron chi connectivity index (χ2n) is 8.27. The van der Waals surface area contributed by atoms with E-state index in [0.29, 0.717) is 5.92 Å². The summed E-state index contributed by atoms with van der Waals surface area (Å²) in [7, 11) is 1.71. The summed E-state index contributed by atoms with van der Waals surface area (Å²) in [6, 6.07) is 6.34. The molecule has 0 radical (unpaired) electrons. The van der Waals surface area contributed by atoms with Crippen molar-refractivity contribution < 1.29 is 14.8 Å². The summed E-state index contributed by atoms with van der Waals surface area (Å²) in [5.74, 6) is 1.38. The number of piperidine rings is 1. The average Bonchev–Trinajstić information content (AvgIpc) is 3.00. The second-order valence-corrected chi connectivity index (χ2v) is 8.27. The molecule has 1 spiro atoms. The highest BCUT2D eigenvalue weighted by atomic mass is 16.5. The van der Waals surface area contributed by atoms with E-state index in [1.165, 1.54) is 35.9 Å². The highest BCUT2D eigenvalue weighted by Crippen LogP contribution is 2.42. The highest BCUT2D eigenvalue weighted by Gasteiger charge is 2.45. The molecule has 138 valence electrons. The number of ether oxygens (including phenoxy) is 1. The first-order chi connectivity index (χ1) is 12.7. The van der Waals surface area contributed by atoms with Crippen LogP contribution in [0, 0.1) is 5.92 Å². The number of aliphatic hydroxyl groups is 1.